The SMILES string of the molecule is Cc1ccc(CNCC2CCCO2)cc1F. The van der Waals surface area contributed by atoms with Gasteiger partial charge in [-0.3, -0.25) is 0 Å². The first-order chi connectivity index (χ1) is 7.75. The van der Waals surface area contributed by atoms with Crippen LogP contribution in [0.25, 0.3) is 0 Å². The lowest BCUT2D eigenvalue weighted by Gasteiger charge is -2.10. The van der Waals surface area contributed by atoms with Gasteiger partial charge in [0.15, 0.2) is 0 Å². The molecule has 3 heteroatoms. The van der Waals surface area contributed by atoms with Crippen LogP contribution in [0.15, 0.2) is 18.2 Å². The maximum Gasteiger partial charge on any atom is 0.126 e. The van der Waals surface area contributed by atoms with Gasteiger partial charge in [-0.05, 0) is 37.0 Å². The standard InChI is InChI=1S/C13H18FNO/c1-10-4-5-11(7-13(10)14)8-15-9-12-3-2-6-16-12/h4-5,7,12,15H,2-3,6,8-9H2,1H3. The molecule has 0 bridgehead atoms. The summed E-state index contributed by atoms with van der Waals surface area (Å²) in [6.07, 6.45) is 2.64. The minimum atomic E-state index is -0.128. The smallest absolute Gasteiger partial charge is 0.126 e. The molecule has 0 aliphatic carbocycles. The number of ether oxygens (including phenoxy) is 1. The van der Waals surface area contributed by atoms with E-state index in [1.54, 1.807) is 13.0 Å². The topological polar surface area (TPSA) is 21.3 Å². The summed E-state index contributed by atoms with van der Waals surface area (Å²) in [7, 11) is 0. The summed E-state index contributed by atoms with van der Waals surface area (Å²) in [6, 6.07) is 5.37. The second-order valence-electron chi connectivity index (χ2n) is 4.35. The Hall–Kier alpha value is -0.930. The number of benzene rings is 1. The van der Waals surface area contributed by atoms with Gasteiger partial charge in [0.2, 0.25) is 0 Å². The van der Waals surface area contributed by atoms with Crippen LogP contribution in [0.3, 0.4) is 0 Å². The number of hydrogen-bond donors (Lipinski definition) is 1. The summed E-state index contributed by atoms with van der Waals surface area (Å²) in [5.74, 6) is -0.128. The van der Waals surface area contributed by atoms with Gasteiger partial charge in [0.05, 0.1) is 6.10 Å². The molecule has 88 valence electrons. The molecule has 1 aliphatic rings. The van der Waals surface area contributed by atoms with Gasteiger partial charge in [-0.2, -0.15) is 0 Å². The Kier molecular flexibility index (Phi) is 3.91. The van der Waals surface area contributed by atoms with E-state index in [1.165, 1.54) is 0 Å². The van der Waals surface area contributed by atoms with E-state index in [-0.39, 0.29) is 5.82 Å². The Morgan fingerprint density at radius 1 is 1.50 bits per heavy atom. The Morgan fingerprint density at radius 3 is 3.06 bits per heavy atom. The fourth-order valence-electron chi connectivity index (χ4n) is 1.93. The minimum Gasteiger partial charge on any atom is -0.377 e. The van der Waals surface area contributed by atoms with Crippen LogP contribution in [0.4, 0.5) is 4.39 Å². The van der Waals surface area contributed by atoms with Crippen LogP contribution in [0.1, 0.15) is 24.0 Å². The number of hydrogen-bond acceptors (Lipinski definition) is 2. The molecule has 1 heterocycles. The van der Waals surface area contributed by atoms with Crippen molar-refractivity contribution in [1.29, 1.82) is 0 Å². The Labute approximate surface area is 95.8 Å². The van der Waals surface area contributed by atoms with Gasteiger partial charge in [0.25, 0.3) is 0 Å². The molecule has 0 amide bonds. The van der Waals surface area contributed by atoms with Crippen molar-refractivity contribution < 1.29 is 9.13 Å². The molecule has 1 aromatic rings. The van der Waals surface area contributed by atoms with Crippen LogP contribution in [0, 0.1) is 12.7 Å². The zero-order chi connectivity index (χ0) is 11.4. The van der Waals surface area contributed by atoms with E-state index in [0.29, 0.717) is 18.2 Å². The van der Waals surface area contributed by atoms with E-state index in [1.807, 2.05) is 12.1 Å². The first-order valence-corrected chi connectivity index (χ1v) is 5.83. The van der Waals surface area contributed by atoms with Gasteiger partial charge in [-0.25, -0.2) is 4.39 Å². The van der Waals surface area contributed by atoms with E-state index in [9.17, 15) is 4.39 Å². The van der Waals surface area contributed by atoms with Crippen molar-refractivity contribution >= 4 is 0 Å². The van der Waals surface area contributed by atoms with Crippen molar-refractivity contribution in [3.63, 3.8) is 0 Å². The molecule has 2 nitrogen and oxygen atoms in total. The Bertz CT molecular complexity index is 348. The van der Waals surface area contributed by atoms with Crippen LogP contribution in [-0.2, 0) is 11.3 Å². The third-order valence-corrected chi connectivity index (χ3v) is 2.96. The van der Waals surface area contributed by atoms with Gasteiger partial charge in [0.1, 0.15) is 5.82 Å². The van der Waals surface area contributed by atoms with Gasteiger partial charge in [-0.1, -0.05) is 12.1 Å². The van der Waals surface area contributed by atoms with Gasteiger partial charge >= 0.3 is 0 Å². The fourth-order valence-corrected chi connectivity index (χ4v) is 1.93. The van der Waals surface area contributed by atoms with E-state index in [4.69, 9.17) is 4.74 Å². The summed E-state index contributed by atoms with van der Waals surface area (Å²) < 4.78 is 18.8. The van der Waals surface area contributed by atoms with Gasteiger partial charge in [-0.15, -0.1) is 0 Å². The largest absolute Gasteiger partial charge is 0.377 e. The summed E-state index contributed by atoms with van der Waals surface area (Å²) in [4.78, 5) is 0. The van der Waals surface area contributed by atoms with Gasteiger partial charge in [0, 0.05) is 19.7 Å². The van der Waals surface area contributed by atoms with Crippen LogP contribution in [-0.4, -0.2) is 19.3 Å². The van der Waals surface area contributed by atoms with Crippen molar-refractivity contribution in [3.8, 4) is 0 Å². The molecule has 1 aromatic carbocycles. The summed E-state index contributed by atoms with van der Waals surface area (Å²) in [5.41, 5.74) is 1.68. The monoisotopic (exact) mass is 223 g/mol. The van der Waals surface area contributed by atoms with E-state index in [2.05, 4.69) is 5.32 Å². The molecule has 1 unspecified atom stereocenters. The second-order valence-corrected chi connectivity index (χ2v) is 4.35. The summed E-state index contributed by atoms with van der Waals surface area (Å²) >= 11 is 0. The summed E-state index contributed by atoms with van der Waals surface area (Å²) in [5, 5.41) is 3.30. The zero-order valence-corrected chi connectivity index (χ0v) is 9.63. The lowest BCUT2D eigenvalue weighted by atomic mass is 10.1. The average molecular weight is 223 g/mol. The summed E-state index contributed by atoms with van der Waals surface area (Å²) in [6.45, 7) is 4.22. The van der Waals surface area contributed by atoms with Crippen LogP contribution < -0.4 is 5.32 Å². The van der Waals surface area contributed by atoms with Gasteiger partial charge < -0.3 is 10.1 Å². The first-order valence-electron chi connectivity index (χ1n) is 5.83. The molecule has 1 saturated heterocycles. The number of aryl methyl sites for hydroxylation is 1. The predicted molar refractivity (Wildman–Crippen MR) is 61.8 cm³/mol. The first kappa shape index (κ1) is 11.6. The van der Waals surface area contributed by atoms with Crippen molar-refractivity contribution in [1.82, 2.24) is 5.32 Å². The molecule has 1 fully saturated rings. The molecule has 0 spiro atoms. The van der Waals surface area contributed by atoms with Crippen molar-refractivity contribution in [3.05, 3.63) is 35.1 Å². The quantitative estimate of drug-likeness (QED) is 0.846. The fraction of sp³-hybridized carbons (Fsp3) is 0.538. The third-order valence-electron chi connectivity index (χ3n) is 2.96. The Morgan fingerprint density at radius 2 is 2.38 bits per heavy atom. The molecule has 16 heavy (non-hydrogen) atoms. The molecule has 1 aliphatic heterocycles. The highest BCUT2D eigenvalue weighted by Gasteiger charge is 2.14. The van der Waals surface area contributed by atoms with Crippen molar-refractivity contribution in [2.75, 3.05) is 13.2 Å². The molecule has 0 saturated carbocycles. The second kappa shape index (κ2) is 5.41. The van der Waals surface area contributed by atoms with Crippen molar-refractivity contribution in [2.45, 2.75) is 32.4 Å². The van der Waals surface area contributed by atoms with E-state index in [0.717, 1.165) is 31.6 Å². The lowest BCUT2D eigenvalue weighted by Crippen LogP contribution is -2.25. The minimum absolute atomic E-state index is 0.128. The highest BCUT2D eigenvalue weighted by atomic mass is 19.1. The molecular formula is C13H18FNO. The highest BCUT2D eigenvalue weighted by Crippen LogP contribution is 2.12. The maximum atomic E-state index is 13.3. The van der Waals surface area contributed by atoms with Crippen molar-refractivity contribution in [2.24, 2.45) is 0 Å². The van der Waals surface area contributed by atoms with Crippen LogP contribution in [0.2, 0.25) is 0 Å². The number of halogens is 1. The number of rotatable bonds is 4. The molecular weight excluding hydrogens is 205 g/mol. The molecule has 1 atom stereocenters. The highest BCUT2D eigenvalue weighted by molar-refractivity contribution is 5.23. The van der Waals surface area contributed by atoms with E-state index < -0.39 is 0 Å². The zero-order valence-electron chi connectivity index (χ0n) is 9.63. The third kappa shape index (κ3) is 3.03. The number of nitrogens with one attached hydrogen (secondary N) is 1. The van der Waals surface area contributed by atoms with E-state index >= 15 is 0 Å². The predicted octanol–water partition coefficient (Wildman–Crippen LogP) is 2.40. The molecule has 2 rings (SSSR count). The normalized spacial score (nSPS) is 20.2. The van der Waals surface area contributed by atoms with Crippen LogP contribution in [0.5, 0.6) is 0 Å². The lowest BCUT2D eigenvalue weighted by molar-refractivity contribution is 0.110. The van der Waals surface area contributed by atoms with Crippen LogP contribution >= 0.6 is 0 Å². The molecule has 0 aromatic heterocycles. The maximum absolute atomic E-state index is 13.3. The average Bonchev–Trinajstić information content (AvgIpc) is 2.76. The molecule has 0 radical (unpaired) electrons. The molecule has 1 N–H and O–H groups in total. The Balaban J connectivity index is 1.78.